The molecule has 0 aromatic heterocycles. The number of ether oxygens (including phenoxy) is 6. The van der Waals surface area contributed by atoms with Gasteiger partial charge in [-0.1, -0.05) is 0 Å². The Balaban J connectivity index is 2.02. The SMILES string of the molecule is CO[C@H]1O[C@@H]2OC[C@@H](OC)[C@@H]2O[C@@H]1OC. The zero-order chi connectivity index (χ0) is 10.8. The van der Waals surface area contributed by atoms with Crippen LogP contribution in [0.1, 0.15) is 0 Å². The molecular formula is C9H16O6. The highest BCUT2D eigenvalue weighted by atomic mass is 16.8. The van der Waals surface area contributed by atoms with Crippen LogP contribution in [0.4, 0.5) is 0 Å². The van der Waals surface area contributed by atoms with Gasteiger partial charge in [-0.05, 0) is 0 Å². The zero-order valence-electron chi connectivity index (χ0n) is 9.04. The van der Waals surface area contributed by atoms with E-state index in [0.29, 0.717) is 6.61 Å². The lowest BCUT2D eigenvalue weighted by molar-refractivity contribution is -0.379. The molecule has 2 rings (SSSR count). The summed E-state index contributed by atoms with van der Waals surface area (Å²) in [5, 5.41) is 0. The zero-order valence-corrected chi connectivity index (χ0v) is 9.04. The number of fused-ring (bicyclic) bond motifs is 1. The second-order valence-corrected chi connectivity index (χ2v) is 3.42. The van der Waals surface area contributed by atoms with Gasteiger partial charge >= 0.3 is 0 Å². The van der Waals surface area contributed by atoms with Gasteiger partial charge in [-0.15, -0.1) is 0 Å². The van der Waals surface area contributed by atoms with Crippen molar-refractivity contribution in [2.24, 2.45) is 0 Å². The van der Waals surface area contributed by atoms with Crippen LogP contribution in [0.2, 0.25) is 0 Å². The number of hydrogen-bond acceptors (Lipinski definition) is 6. The van der Waals surface area contributed by atoms with Crippen LogP contribution >= 0.6 is 0 Å². The summed E-state index contributed by atoms with van der Waals surface area (Å²) in [6, 6.07) is 0. The summed E-state index contributed by atoms with van der Waals surface area (Å²) in [7, 11) is 4.69. The first-order chi connectivity index (χ1) is 7.30. The van der Waals surface area contributed by atoms with E-state index in [1.165, 1.54) is 14.2 Å². The standard InChI is InChI=1S/C9H16O6/c1-10-5-4-13-7-6(5)14-8(11-2)9(12-3)15-7/h5-9H,4H2,1-3H3/t5-,6+,7+,8+,9+/m1/s1. The van der Waals surface area contributed by atoms with Gasteiger partial charge in [0, 0.05) is 21.3 Å². The van der Waals surface area contributed by atoms with Crippen molar-refractivity contribution < 1.29 is 28.4 Å². The molecule has 0 spiro atoms. The van der Waals surface area contributed by atoms with E-state index in [0.717, 1.165) is 0 Å². The normalized spacial score (nSPS) is 45.4. The summed E-state index contributed by atoms with van der Waals surface area (Å²) in [6.45, 7) is 0.457. The number of methoxy groups -OCH3 is 3. The molecular weight excluding hydrogens is 204 g/mol. The Labute approximate surface area is 88.3 Å². The van der Waals surface area contributed by atoms with E-state index in [4.69, 9.17) is 28.4 Å². The summed E-state index contributed by atoms with van der Waals surface area (Å²) >= 11 is 0. The Morgan fingerprint density at radius 3 is 2.20 bits per heavy atom. The molecule has 2 saturated heterocycles. The largest absolute Gasteiger partial charge is 0.376 e. The molecule has 2 aliphatic heterocycles. The van der Waals surface area contributed by atoms with Gasteiger partial charge in [-0.3, -0.25) is 0 Å². The predicted octanol–water partition coefficient (Wildman–Crippen LogP) is -0.282. The van der Waals surface area contributed by atoms with Crippen LogP contribution in [0.25, 0.3) is 0 Å². The lowest BCUT2D eigenvalue weighted by atomic mass is 10.2. The van der Waals surface area contributed by atoms with Gasteiger partial charge in [0.1, 0.15) is 12.2 Å². The maximum absolute atomic E-state index is 5.64. The lowest BCUT2D eigenvalue weighted by Crippen LogP contribution is -2.52. The first-order valence-electron chi connectivity index (χ1n) is 4.81. The molecule has 0 bridgehead atoms. The Morgan fingerprint density at radius 2 is 1.60 bits per heavy atom. The Morgan fingerprint density at radius 1 is 0.933 bits per heavy atom. The molecule has 0 radical (unpaired) electrons. The van der Waals surface area contributed by atoms with Crippen molar-refractivity contribution in [2.75, 3.05) is 27.9 Å². The van der Waals surface area contributed by atoms with Gasteiger partial charge < -0.3 is 28.4 Å². The third-order valence-electron chi connectivity index (χ3n) is 2.61. The van der Waals surface area contributed by atoms with Crippen LogP contribution in [0.5, 0.6) is 0 Å². The van der Waals surface area contributed by atoms with Crippen molar-refractivity contribution in [1.82, 2.24) is 0 Å². The van der Waals surface area contributed by atoms with Crippen molar-refractivity contribution in [3.63, 3.8) is 0 Å². The molecule has 0 aromatic rings. The first kappa shape index (κ1) is 11.3. The fourth-order valence-electron chi connectivity index (χ4n) is 1.77. The van der Waals surface area contributed by atoms with E-state index in [-0.39, 0.29) is 12.2 Å². The smallest absolute Gasteiger partial charge is 0.211 e. The molecule has 2 heterocycles. The second kappa shape index (κ2) is 4.73. The van der Waals surface area contributed by atoms with Gasteiger partial charge in [-0.25, -0.2) is 0 Å². The molecule has 88 valence electrons. The van der Waals surface area contributed by atoms with Crippen molar-refractivity contribution in [2.45, 2.75) is 31.1 Å². The van der Waals surface area contributed by atoms with Gasteiger partial charge in [-0.2, -0.15) is 0 Å². The Bertz CT molecular complexity index is 211. The molecule has 0 amide bonds. The molecule has 0 N–H and O–H groups in total. The van der Waals surface area contributed by atoms with E-state index in [1.807, 2.05) is 0 Å². The highest BCUT2D eigenvalue weighted by Crippen LogP contribution is 2.30. The molecule has 0 unspecified atom stereocenters. The minimum absolute atomic E-state index is 0.120. The van der Waals surface area contributed by atoms with Gasteiger partial charge in [0.2, 0.25) is 12.6 Å². The molecule has 0 saturated carbocycles. The van der Waals surface area contributed by atoms with Gasteiger partial charge in [0.15, 0.2) is 6.29 Å². The summed E-state index contributed by atoms with van der Waals surface area (Å²) < 4.78 is 31.9. The molecule has 0 aliphatic carbocycles. The topological polar surface area (TPSA) is 55.4 Å². The van der Waals surface area contributed by atoms with Crippen LogP contribution in [-0.2, 0) is 28.4 Å². The average molecular weight is 220 g/mol. The fraction of sp³-hybridized carbons (Fsp3) is 1.00. The molecule has 2 fully saturated rings. The van der Waals surface area contributed by atoms with Crippen LogP contribution < -0.4 is 0 Å². The minimum atomic E-state index is -0.563. The average Bonchev–Trinajstić information content (AvgIpc) is 2.68. The highest BCUT2D eigenvalue weighted by Gasteiger charge is 2.48. The van der Waals surface area contributed by atoms with Crippen molar-refractivity contribution in [1.29, 1.82) is 0 Å². The quantitative estimate of drug-likeness (QED) is 0.652. The third-order valence-corrected chi connectivity index (χ3v) is 2.61. The van der Waals surface area contributed by atoms with E-state index in [2.05, 4.69) is 0 Å². The summed E-state index contributed by atoms with van der Waals surface area (Å²) in [4.78, 5) is 0. The molecule has 6 heteroatoms. The van der Waals surface area contributed by atoms with E-state index >= 15 is 0 Å². The molecule has 0 aromatic carbocycles. The maximum Gasteiger partial charge on any atom is 0.211 e. The number of rotatable bonds is 3. The van der Waals surface area contributed by atoms with E-state index in [9.17, 15) is 0 Å². The van der Waals surface area contributed by atoms with Crippen molar-refractivity contribution in [3.05, 3.63) is 0 Å². The molecule has 5 atom stereocenters. The van der Waals surface area contributed by atoms with Crippen LogP contribution in [0.3, 0.4) is 0 Å². The summed E-state index contributed by atoms with van der Waals surface area (Å²) in [5.74, 6) is 0. The van der Waals surface area contributed by atoms with E-state index < -0.39 is 18.9 Å². The molecule has 2 aliphatic rings. The lowest BCUT2D eigenvalue weighted by Gasteiger charge is -2.37. The van der Waals surface area contributed by atoms with Crippen LogP contribution in [0, 0.1) is 0 Å². The molecule has 15 heavy (non-hydrogen) atoms. The minimum Gasteiger partial charge on any atom is -0.376 e. The highest BCUT2D eigenvalue weighted by molar-refractivity contribution is 4.84. The maximum atomic E-state index is 5.64. The Kier molecular flexibility index (Phi) is 3.55. The number of hydrogen-bond donors (Lipinski definition) is 0. The van der Waals surface area contributed by atoms with Crippen LogP contribution in [0.15, 0.2) is 0 Å². The van der Waals surface area contributed by atoms with Crippen LogP contribution in [-0.4, -0.2) is 59.0 Å². The molecule has 6 nitrogen and oxygen atoms in total. The van der Waals surface area contributed by atoms with Crippen molar-refractivity contribution in [3.8, 4) is 0 Å². The monoisotopic (exact) mass is 220 g/mol. The second-order valence-electron chi connectivity index (χ2n) is 3.42. The summed E-state index contributed by atoms with van der Waals surface area (Å²) in [6.07, 6.45) is -1.93. The van der Waals surface area contributed by atoms with Gasteiger partial charge in [0.05, 0.1) is 6.61 Å². The Hall–Kier alpha value is -0.240. The van der Waals surface area contributed by atoms with E-state index in [1.54, 1.807) is 7.11 Å². The third kappa shape index (κ3) is 2.01. The summed E-state index contributed by atoms with van der Waals surface area (Å²) in [5.41, 5.74) is 0. The van der Waals surface area contributed by atoms with Gasteiger partial charge in [0.25, 0.3) is 0 Å². The first-order valence-corrected chi connectivity index (χ1v) is 4.81. The van der Waals surface area contributed by atoms with Crippen molar-refractivity contribution >= 4 is 0 Å². The predicted molar refractivity (Wildman–Crippen MR) is 48.1 cm³/mol. The fourth-order valence-corrected chi connectivity index (χ4v) is 1.77.